The summed E-state index contributed by atoms with van der Waals surface area (Å²) in [5.74, 6) is -1.62. The van der Waals surface area contributed by atoms with Gasteiger partial charge in [0.1, 0.15) is 6.54 Å². The summed E-state index contributed by atoms with van der Waals surface area (Å²) in [6.45, 7) is 0.343. The Morgan fingerprint density at radius 1 is 1.00 bits per heavy atom. The molecule has 2 fully saturated rings. The molecule has 0 aromatic heterocycles. The van der Waals surface area contributed by atoms with E-state index in [-0.39, 0.29) is 30.7 Å². The van der Waals surface area contributed by atoms with Gasteiger partial charge in [0.2, 0.25) is 17.7 Å². The van der Waals surface area contributed by atoms with Crippen molar-refractivity contribution >= 4 is 29.5 Å². The number of rotatable bonds is 2. The van der Waals surface area contributed by atoms with Gasteiger partial charge in [-0.3, -0.25) is 33.8 Å². The number of fused-ring (bicyclic) bond motifs is 1. The van der Waals surface area contributed by atoms with E-state index in [2.05, 4.69) is 0 Å². The molecule has 27 heavy (non-hydrogen) atoms. The van der Waals surface area contributed by atoms with Gasteiger partial charge in [-0.05, 0) is 25.0 Å². The first-order valence-corrected chi connectivity index (χ1v) is 8.88. The van der Waals surface area contributed by atoms with Crippen LogP contribution in [0.3, 0.4) is 0 Å². The number of amides is 5. The fraction of sp³-hybridized carbons (Fsp3) is 0.421. The molecule has 1 aromatic carbocycles. The first-order chi connectivity index (χ1) is 12.8. The number of hydrogen-bond acceptors (Lipinski definition) is 5. The van der Waals surface area contributed by atoms with Crippen LogP contribution >= 0.6 is 0 Å². The van der Waals surface area contributed by atoms with Crippen LogP contribution in [0.15, 0.2) is 24.3 Å². The molecule has 0 radical (unpaired) electrons. The molecule has 3 aliphatic heterocycles. The van der Waals surface area contributed by atoms with Gasteiger partial charge in [0, 0.05) is 26.6 Å². The van der Waals surface area contributed by atoms with E-state index in [9.17, 15) is 24.0 Å². The molecular formula is C19H19N3O5. The lowest BCUT2D eigenvalue weighted by Gasteiger charge is -2.37. The van der Waals surface area contributed by atoms with E-state index in [1.165, 1.54) is 7.05 Å². The van der Waals surface area contributed by atoms with Gasteiger partial charge in [-0.25, -0.2) is 0 Å². The molecule has 0 unspecified atom stereocenters. The molecular weight excluding hydrogens is 350 g/mol. The summed E-state index contributed by atoms with van der Waals surface area (Å²) >= 11 is 0. The Kier molecular flexibility index (Phi) is 3.87. The lowest BCUT2D eigenvalue weighted by molar-refractivity contribution is -0.143. The van der Waals surface area contributed by atoms with Crippen molar-refractivity contribution in [3.63, 3.8) is 0 Å². The minimum Gasteiger partial charge on any atom is -0.341 e. The molecule has 8 heteroatoms. The Labute approximate surface area is 155 Å². The van der Waals surface area contributed by atoms with Gasteiger partial charge in [0.25, 0.3) is 11.8 Å². The minimum absolute atomic E-state index is 0.181. The zero-order valence-electron chi connectivity index (χ0n) is 14.9. The van der Waals surface area contributed by atoms with E-state index < -0.39 is 17.2 Å². The topological polar surface area (TPSA) is 95.1 Å². The first-order valence-electron chi connectivity index (χ1n) is 8.88. The minimum atomic E-state index is -0.710. The highest BCUT2D eigenvalue weighted by Crippen LogP contribution is 2.41. The van der Waals surface area contributed by atoms with E-state index in [1.54, 1.807) is 29.2 Å². The van der Waals surface area contributed by atoms with Crippen molar-refractivity contribution in [2.45, 2.75) is 19.3 Å². The third-order valence-corrected chi connectivity index (χ3v) is 5.87. The van der Waals surface area contributed by atoms with Gasteiger partial charge < -0.3 is 4.90 Å². The van der Waals surface area contributed by atoms with Crippen molar-refractivity contribution in [3.05, 3.63) is 35.4 Å². The van der Waals surface area contributed by atoms with Crippen molar-refractivity contribution in [1.82, 2.24) is 14.7 Å². The molecule has 8 nitrogen and oxygen atoms in total. The van der Waals surface area contributed by atoms with Crippen molar-refractivity contribution in [1.29, 1.82) is 0 Å². The van der Waals surface area contributed by atoms with E-state index in [1.807, 2.05) is 0 Å². The smallest absolute Gasteiger partial charge is 0.262 e. The normalized spacial score (nSPS) is 21.4. The van der Waals surface area contributed by atoms with Crippen molar-refractivity contribution < 1.29 is 24.0 Å². The summed E-state index contributed by atoms with van der Waals surface area (Å²) in [6, 6.07) is 6.50. The van der Waals surface area contributed by atoms with Crippen LogP contribution in [-0.4, -0.2) is 70.9 Å². The van der Waals surface area contributed by atoms with Gasteiger partial charge in [-0.15, -0.1) is 0 Å². The number of piperidine rings is 1. The molecule has 0 N–H and O–H groups in total. The van der Waals surface area contributed by atoms with Crippen LogP contribution in [0.25, 0.3) is 0 Å². The van der Waals surface area contributed by atoms with Gasteiger partial charge in [0.05, 0.1) is 16.5 Å². The van der Waals surface area contributed by atoms with Crippen LogP contribution in [0.2, 0.25) is 0 Å². The monoisotopic (exact) mass is 369 g/mol. The zero-order chi connectivity index (χ0) is 19.3. The molecule has 0 saturated carbocycles. The molecule has 4 rings (SSSR count). The van der Waals surface area contributed by atoms with E-state index in [0.29, 0.717) is 37.1 Å². The van der Waals surface area contributed by atoms with Crippen LogP contribution in [-0.2, 0) is 14.4 Å². The van der Waals surface area contributed by atoms with Crippen LogP contribution < -0.4 is 0 Å². The lowest BCUT2D eigenvalue weighted by atomic mass is 9.77. The van der Waals surface area contributed by atoms with Crippen LogP contribution in [0.4, 0.5) is 0 Å². The molecule has 3 aliphatic rings. The molecule has 140 valence electrons. The Morgan fingerprint density at radius 3 is 2.04 bits per heavy atom. The largest absolute Gasteiger partial charge is 0.341 e. The highest BCUT2D eigenvalue weighted by atomic mass is 16.2. The fourth-order valence-electron chi connectivity index (χ4n) is 4.15. The second-order valence-corrected chi connectivity index (χ2v) is 7.34. The van der Waals surface area contributed by atoms with E-state index in [4.69, 9.17) is 0 Å². The van der Waals surface area contributed by atoms with Crippen LogP contribution in [0.1, 0.15) is 40.0 Å². The Morgan fingerprint density at radius 2 is 1.56 bits per heavy atom. The highest BCUT2D eigenvalue weighted by molar-refractivity contribution is 6.22. The standard InChI is InChI=1S/C19H19N3O5/c1-20-14(23)10-19(18(20)27)6-8-21(9-7-19)15(24)11-22-16(25)12-4-2-3-5-13(12)17(22)26/h2-5H,6-11H2,1H3. The Bertz CT molecular complexity index is 850. The average molecular weight is 369 g/mol. The third-order valence-electron chi connectivity index (χ3n) is 5.87. The Balaban J connectivity index is 1.41. The number of likely N-dealkylation sites (tertiary alicyclic amines) is 2. The summed E-state index contributed by atoms with van der Waals surface area (Å²) < 4.78 is 0. The summed E-state index contributed by atoms with van der Waals surface area (Å²) in [7, 11) is 1.49. The van der Waals surface area contributed by atoms with Gasteiger partial charge in [-0.2, -0.15) is 0 Å². The third kappa shape index (κ3) is 2.55. The summed E-state index contributed by atoms with van der Waals surface area (Å²) in [5, 5.41) is 0. The van der Waals surface area contributed by atoms with Crippen molar-refractivity contribution in [2.75, 3.05) is 26.7 Å². The second-order valence-electron chi connectivity index (χ2n) is 7.34. The number of benzene rings is 1. The Hall–Kier alpha value is -3.03. The molecule has 3 heterocycles. The van der Waals surface area contributed by atoms with Gasteiger partial charge in [-0.1, -0.05) is 12.1 Å². The molecule has 1 aromatic rings. The number of carbonyl (C=O) groups excluding carboxylic acids is 5. The molecule has 0 bridgehead atoms. The van der Waals surface area contributed by atoms with E-state index in [0.717, 1.165) is 9.80 Å². The quantitative estimate of drug-likeness (QED) is 0.698. The fourth-order valence-corrected chi connectivity index (χ4v) is 4.15. The highest BCUT2D eigenvalue weighted by Gasteiger charge is 2.51. The number of carbonyl (C=O) groups is 5. The predicted molar refractivity (Wildman–Crippen MR) is 92.5 cm³/mol. The second kappa shape index (κ2) is 6.00. The van der Waals surface area contributed by atoms with Gasteiger partial charge in [0.15, 0.2) is 0 Å². The van der Waals surface area contributed by atoms with E-state index >= 15 is 0 Å². The molecule has 2 saturated heterocycles. The maximum atomic E-state index is 12.6. The molecule has 5 amide bonds. The summed E-state index contributed by atoms with van der Waals surface area (Å²) in [6.07, 6.45) is 1.01. The number of hydrogen-bond donors (Lipinski definition) is 0. The molecule has 0 aliphatic carbocycles. The van der Waals surface area contributed by atoms with Crippen molar-refractivity contribution in [2.24, 2.45) is 5.41 Å². The lowest BCUT2D eigenvalue weighted by Crippen LogP contribution is -2.49. The average Bonchev–Trinajstić information content (AvgIpc) is 3.03. The number of imide groups is 2. The van der Waals surface area contributed by atoms with Gasteiger partial charge >= 0.3 is 0 Å². The summed E-state index contributed by atoms with van der Waals surface area (Å²) in [4.78, 5) is 65.3. The SMILES string of the molecule is CN1C(=O)CC2(CCN(C(=O)CN3C(=O)c4ccccc4C3=O)CC2)C1=O. The zero-order valence-corrected chi connectivity index (χ0v) is 14.9. The predicted octanol–water partition coefficient (Wildman–Crippen LogP) is 0.280. The number of nitrogens with zero attached hydrogens (tertiary/aromatic N) is 3. The van der Waals surface area contributed by atoms with Crippen molar-refractivity contribution in [3.8, 4) is 0 Å². The molecule has 1 spiro atoms. The first kappa shape index (κ1) is 17.4. The maximum Gasteiger partial charge on any atom is 0.262 e. The van der Waals surface area contributed by atoms with Crippen LogP contribution in [0.5, 0.6) is 0 Å². The maximum absolute atomic E-state index is 12.6. The molecule has 0 atom stereocenters. The summed E-state index contributed by atoms with van der Waals surface area (Å²) in [5.41, 5.74) is -0.0880. The van der Waals surface area contributed by atoms with Crippen LogP contribution in [0, 0.1) is 5.41 Å².